The van der Waals surface area contributed by atoms with Gasteiger partial charge in [-0.15, -0.1) is 11.3 Å². The van der Waals surface area contributed by atoms with Crippen LogP contribution in [0.4, 0.5) is 4.39 Å². The summed E-state index contributed by atoms with van der Waals surface area (Å²) in [6.45, 7) is 0.995. The minimum absolute atomic E-state index is 0.134. The Morgan fingerprint density at radius 1 is 1.19 bits per heavy atom. The lowest BCUT2D eigenvalue weighted by Crippen LogP contribution is -2.30. The summed E-state index contributed by atoms with van der Waals surface area (Å²) in [5.41, 5.74) is 4.56. The third-order valence-corrected chi connectivity index (χ3v) is 6.11. The monoisotopic (exact) mass is 301 g/mol. The van der Waals surface area contributed by atoms with Gasteiger partial charge in [-0.25, -0.2) is 4.39 Å². The van der Waals surface area contributed by atoms with E-state index >= 15 is 0 Å². The van der Waals surface area contributed by atoms with Crippen LogP contribution >= 0.6 is 11.3 Å². The van der Waals surface area contributed by atoms with Crippen molar-refractivity contribution in [2.24, 2.45) is 11.8 Å². The van der Waals surface area contributed by atoms with Crippen LogP contribution in [0.2, 0.25) is 0 Å². The first-order valence-corrected chi connectivity index (χ1v) is 8.70. The molecule has 3 aliphatic rings. The third kappa shape index (κ3) is 2.14. The molecule has 110 valence electrons. The van der Waals surface area contributed by atoms with Crippen molar-refractivity contribution in [3.8, 4) is 0 Å². The summed E-state index contributed by atoms with van der Waals surface area (Å²) in [5.74, 6) is 1.33. The Morgan fingerprint density at radius 2 is 1.95 bits per heavy atom. The van der Waals surface area contributed by atoms with Gasteiger partial charge < -0.3 is 5.32 Å². The lowest BCUT2D eigenvalue weighted by molar-refractivity contribution is 0.319. The smallest absolute Gasteiger partial charge is 0.124 e. The molecule has 0 aliphatic heterocycles. The van der Waals surface area contributed by atoms with Crippen LogP contribution in [0.5, 0.6) is 0 Å². The van der Waals surface area contributed by atoms with E-state index in [1.807, 2.05) is 13.1 Å². The van der Waals surface area contributed by atoms with Crippen molar-refractivity contribution >= 4 is 27.0 Å². The first-order chi connectivity index (χ1) is 10.3. The Labute approximate surface area is 128 Å². The molecular formula is C18H20FNS. The normalized spacial score (nSPS) is 25.0. The fourth-order valence-electron chi connectivity index (χ4n) is 4.25. The van der Waals surface area contributed by atoms with Crippen molar-refractivity contribution in [2.75, 3.05) is 13.6 Å². The molecule has 0 unspecified atom stereocenters. The Kier molecular flexibility index (Phi) is 3.35. The standard InChI is InChI=1S/C18H20FNS/c1-20-9-15-11-2-4-12(5-3-11)18(15)16-10-21-17-8-13(19)6-7-14(16)17/h6-8,10-12,20H,2-5,9H2,1H3. The maximum Gasteiger partial charge on any atom is 0.124 e. The summed E-state index contributed by atoms with van der Waals surface area (Å²) in [6, 6.07) is 5.23. The molecule has 5 rings (SSSR count). The molecule has 0 amide bonds. The van der Waals surface area contributed by atoms with Crippen molar-refractivity contribution in [1.82, 2.24) is 5.32 Å². The molecular weight excluding hydrogens is 281 g/mol. The van der Waals surface area contributed by atoms with Crippen LogP contribution in [-0.2, 0) is 0 Å². The Bertz CT molecular complexity index is 707. The zero-order valence-electron chi connectivity index (χ0n) is 12.3. The van der Waals surface area contributed by atoms with Gasteiger partial charge in [0.15, 0.2) is 0 Å². The number of allylic oxidation sites excluding steroid dienone is 1. The van der Waals surface area contributed by atoms with Gasteiger partial charge in [0.05, 0.1) is 0 Å². The van der Waals surface area contributed by atoms with E-state index in [2.05, 4.69) is 10.7 Å². The molecule has 1 nitrogen and oxygen atoms in total. The Balaban J connectivity index is 1.90. The van der Waals surface area contributed by atoms with E-state index < -0.39 is 0 Å². The molecule has 0 saturated heterocycles. The largest absolute Gasteiger partial charge is 0.316 e. The highest BCUT2D eigenvalue weighted by Crippen LogP contribution is 2.50. The van der Waals surface area contributed by atoms with Crippen molar-refractivity contribution in [3.05, 3.63) is 40.5 Å². The van der Waals surface area contributed by atoms with E-state index in [1.165, 1.54) is 36.6 Å². The molecule has 1 saturated carbocycles. The molecule has 1 N–H and O–H groups in total. The van der Waals surface area contributed by atoms with Crippen LogP contribution in [0, 0.1) is 17.7 Å². The zero-order chi connectivity index (χ0) is 14.4. The lowest BCUT2D eigenvalue weighted by atomic mass is 9.65. The van der Waals surface area contributed by atoms with Crippen LogP contribution in [0.15, 0.2) is 29.2 Å². The minimum Gasteiger partial charge on any atom is -0.316 e. The number of hydrogen-bond donors (Lipinski definition) is 1. The summed E-state index contributed by atoms with van der Waals surface area (Å²) < 4.78 is 14.5. The minimum atomic E-state index is -0.134. The highest BCUT2D eigenvalue weighted by atomic mass is 32.1. The fourth-order valence-corrected chi connectivity index (χ4v) is 5.23. The molecule has 3 heteroatoms. The first-order valence-electron chi connectivity index (χ1n) is 7.82. The molecule has 1 aromatic carbocycles. The number of thiophene rings is 1. The number of fused-ring (bicyclic) bond motifs is 3. The summed E-state index contributed by atoms with van der Waals surface area (Å²) in [5, 5.41) is 6.84. The Hall–Kier alpha value is -1.19. The van der Waals surface area contributed by atoms with Crippen LogP contribution in [0.25, 0.3) is 15.7 Å². The van der Waals surface area contributed by atoms with E-state index in [4.69, 9.17) is 0 Å². The molecule has 21 heavy (non-hydrogen) atoms. The third-order valence-electron chi connectivity index (χ3n) is 5.17. The number of rotatable bonds is 3. The van der Waals surface area contributed by atoms with E-state index in [1.54, 1.807) is 34.6 Å². The number of nitrogens with one attached hydrogen (secondary N) is 1. The van der Waals surface area contributed by atoms with Crippen molar-refractivity contribution in [1.29, 1.82) is 0 Å². The summed E-state index contributed by atoms with van der Waals surface area (Å²) >= 11 is 1.67. The molecule has 1 heterocycles. The van der Waals surface area contributed by atoms with E-state index in [0.717, 1.165) is 17.2 Å². The van der Waals surface area contributed by atoms with Gasteiger partial charge in [0.1, 0.15) is 5.82 Å². The second-order valence-corrected chi connectivity index (χ2v) is 7.22. The Morgan fingerprint density at radius 3 is 2.71 bits per heavy atom. The van der Waals surface area contributed by atoms with Gasteiger partial charge in [-0.05, 0) is 78.8 Å². The first kappa shape index (κ1) is 13.5. The van der Waals surface area contributed by atoms with Gasteiger partial charge >= 0.3 is 0 Å². The summed E-state index contributed by atoms with van der Waals surface area (Å²) in [6.07, 6.45) is 5.35. The van der Waals surface area contributed by atoms with Crippen LogP contribution < -0.4 is 5.32 Å². The highest BCUT2D eigenvalue weighted by Gasteiger charge is 2.35. The van der Waals surface area contributed by atoms with E-state index in [9.17, 15) is 4.39 Å². The molecule has 1 fully saturated rings. The predicted octanol–water partition coefficient (Wildman–Crippen LogP) is 4.83. The number of benzene rings is 1. The summed E-state index contributed by atoms with van der Waals surface area (Å²) in [7, 11) is 2.04. The van der Waals surface area contributed by atoms with E-state index in [0.29, 0.717) is 5.92 Å². The quantitative estimate of drug-likeness (QED) is 0.856. The van der Waals surface area contributed by atoms with Crippen molar-refractivity contribution in [2.45, 2.75) is 25.7 Å². The average Bonchev–Trinajstić information content (AvgIpc) is 2.91. The topological polar surface area (TPSA) is 12.0 Å². The second kappa shape index (κ2) is 5.22. The van der Waals surface area contributed by atoms with Gasteiger partial charge in [0.2, 0.25) is 0 Å². The van der Waals surface area contributed by atoms with Gasteiger partial charge in [-0.3, -0.25) is 0 Å². The SMILES string of the molecule is CNCC1=C(c2csc3cc(F)ccc23)C2CCC1CC2. The maximum absolute atomic E-state index is 13.4. The van der Waals surface area contributed by atoms with Crippen molar-refractivity contribution in [3.63, 3.8) is 0 Å². The molecule has 0 atom stereocenters. The van der Waals surface area contributed by atoms with E-state index in [-0.39, 0.29) is 5.82 Å². The van der Waals surface area contributed by atoms with Crippen LogP contribution in [0.3, 0.4) is 0 Å². The maximum atomic E-state index is 13.4. The average molecular weight is 301 g/mol. The van der Waals surface area contributed by atoms with Gasteiger partial charge in [-0.2, -0.15) is 0 Å². The van der Waals surface area contributed by atoms with Gasteiger partial charge in [0.25, 0.3) is 0 Å². The van der Waals surface area contributed by atoms with Crippen molar-refractivity contribution < 1.29 is 4.39 Å². The number of halogens is 1. The van der Waals surface area contributed by atoms with Gasteiger partial charge in [-0.1, -0.05) is 6.07 Å². The van der Waals surface area contributed by atoms with Gasteiger partial charge in [0, 0.05) is 16.6 Å². The molecule has 1 aromatic heterocycles. The fraction of sp³-hybridized carbons (Fsp3) is 0.444. The zero-order valence-corrected chi connectivity index (χ0v) is 13.1. The number of hydrogen-bond acceptors (Lipinski definition) is 2. The molecule has 0 spiro atoms. The molecule has 0 radical (unpaired) electrons. The molecule has 2 bridgehead atoms. The summed E-state index contributed by atoms with van der Waals surface area (Å²) in [4.78, 5) is 0. The predicted molar refractivity (Wildman–Crippen MR) is 88.1 cm³/mol. The molecule has 2 aromatic rings. The lowest BCUT2D eigenvalue weighted by Gasteiger charge is -2.40. The number of likely N-dealkylation sites (N-methyl/N-ethyl adjacent to an activating group) is 1. The van der Waals surface area contributed by atoms with Crippen LogP contribution in [0.1, 0.15) is 31.2 Å². The molecule has 3 aliphatic carbocycles. The second-order valence-electron chi connectivity index (χ2n) is 6.31. The van der Waals surface area contributed by atoms with Crippen LogP contribution in [-0.4, -0.2) is 13.6 Å². The highest BCUT2D eigenvalue weighted by molar-refractivity contribution is 7.17.